The maximum atomic E-state index is 12.0. The smallest absolute Gasteiger partial charge is 0.249 e. The van der Waals surface area contributed by atoms with Crippen LogP contribution in [0.25, 0.3) is 6.08 Å². The number of amides is 1. The number of nitrogens with zero attached hydrogens (tertiary/aromatic N) is 4. The molecule has 2 heterocycles. The third-order valence-electron chi connectivity index (χ3n) is 3.61. The second-order valence-corrected chi connectivity index (χ2v) is 6.16. The van der Waals surface area contributed by atoms with Crippen LogP contribution in [0, 0.1) is 6.92 Å². The zero-order chi connectivity index (χ0) is 17.8. The van der Waals surface area contributed by atoms with Gasteiger partial charge in [0.1, 0.15) is 0 Å². The number of benzene rings is 1. The van der Waals surface area contributed by atoms with Crippen molar-refractivity contribution in [2.24, 2.45) is 7.05 Å². The van der Waals surface area contributed by atoms with Crippen LogP contribution in [-0.4, -0.2) is 25.5 Å². The van der Waals surface area contributed by atoms with Crippen LogP contribution < -0.4 is 5.32 Å². The quantitative estimate of drug-likeness (QED) is 0.714. The molecule has 0 fully saturated rings. The van der Waals surface area contributed by atoms with Gasteiger partial charge in [0.25, 0.3) is 0 Å². The van der Waals surface area contributed by atoms with Gasteiger partial charge in [-0.1, -0.05) is 23.7 Å². The van der Waals surface area contributed by atoms with Gasteiger partial charge in [0, 0.05) is 41.7 Å². The van der Waals surface area contributed by atoms with Crippen molar-refractivity contribution in [1.82, 2.24) is 19.6 Å². The summed E-state index contributed by atoms with van der Waals surface area (Å²) in [5, 5.41) is 11.9. The van der Waals surface area contributed by atoms with Crippen molar-refractivity contribution in [2.45, 2.75) is 13.5 Å². The summed E-state index contributed by atoms with van der Waals surface area (Å²) in [5.74, 6) is 0.275. The first-order chi connectivity index (χ1) is 12.0. The maximum absolute atomic E-state index is 12.0. The van der Waals surface area contributed by atoms with Crippen LogP contribution in [0.4, 0.5) is 5.82 Å². The second kappa shape index (κ2) is 7.36. The Labute approximate surface area is 150 Å². The first-order valence-corrected chi connectivity index (χ1v) is 8.14. The summed E-state index contributed by atoms with van der Waals surface area (Å²) < 4.78 is 3.50. The van der Waals surface area contributed by atoms with Gasteiger partial charge in [0.05, 0.1) is 12.7 Å². The highest BCUT2D eigenvalue weighted by molar-refractivity contribution is 6.30. The molecule has 0 radical (unpaired) electrons. The monoisotopic (exact) mass is 355 g/mol. The van der Waals surface area contributed by atoms with Gasteiger partial charge < -0.3 is 5.32 Å². The van der Waals surface area contributed by atoms with E-state index in [1.807, 2.05) is 55.2 Å². The van der Waals surface area contributed by atoms with Crippen molar-refractivity contribution in [3.8, 4) is 0 Å². The van der Waals surface area contributed by atoms with Crippen LogP contribution in [0.3, 0.4) is 0 Å². The molecule has 1 aromatic carbocycles. The molecule has 3 aromatic rings. The minimum absolute atomic E-state index is 0.240. The highest BCUT2D eigenvalue weighted by Crippen LogP contribution is 2.15. The molecule has 25 heavy (non-hydrogen) atoms. The van der Waals surface area contributed by atoms with Crippen LogP contribution in [0.2, 0.25) is 5.02 Å². The molecular weight excluding hydrogens is 338 g/mol. The number of carbonyl (C=O) groups excluding carboxylic acids is 1. The van der Waals surface area contributed by atoms with Gasteiger partial charge in [-0.25, -0.2) is 0 Å². The number of carbonyl (C=O) groups is 1. The number of halogens is 1. The van der Waals surface area contributed by atoms with Crippen LogP contribution >= 0.6 is 11.6 Å². The molecule has 0 atom stereocenters. The summed E-state index contributed by atoms with van der Waals surface area (Å²) in [6, 6.07) is 9.46. The Balaban J connectivity index is 1.65. The molecule has 0 aliphatic heterocycles. The van der Waals surface area contributed by atoms with E-state index in [-0.39, 0.29) is 5.91 Å². The fourth-order valence-electron chi connectivity index (χ4n) is 2.41. The molecule has 1 N–H and O–H groups in total. The lowest BCUT2D eigenvalue weighted by atomic mass is 10.2. The van der Waals surface area contributed by atoms with E-state index in [1.54, 1.807) is 17.0 Å². The fourth-order valence-corrected chi connectivity index (χ4v) is 2.62. The number of aryl methyl sites for hydroxylation is 2. The summed E-state index contributed by atoms with van der Waals surface area (Å²) >= 11 is 6.01. The molecule has 0 spiro atoms. The predicted molar refractivity (Wildman–Crippen MR) is 98.4 cm³/mol. The fraction of sp³-hybridized carbons (Fsp3) is 0.167. The largest absolute Gasteiger partial charge is 0.306 e. The third kappa shape index (κ3) is 4.58. The molecule has 0 aliphatic carbocycles. The standard InChI is InChI=1S/C18H18ClN5O/c1-13-8-17(21-18(25)7-6-15-10-20-23(2)11-15)22-24(13)12-14-4-3-5-16(19)9-14/h3-11H,12H2,1-2H3,(H,21,22,25)/b7-6+. The average molecular weight is 356 g/mol. The molecule has 7 heteroatoms. The molecule has 6 nitrogen and oxygen atoms in total. The Morgan fingerprint density at radius 1 is 1.36 bits per heavy atom. The number of hydrogen-bond donors (Lipinski definition) is 1. The van der Waals surface area contributed by atoms with Crippen LogP contribution in [0.5, 0.6) is 0 Å². The normalized spacial score (nSPS) is 11.2. The van der Waals surface area contributed by atoms with Crippen molar-refractivity contribution in [3.63, 3.8) is 0 Å². The molecule has 1 amide bonds. The van der Waals surface area contributed by atoms with E-state index in [0.717, 1.165) is 16.8 Å². The number of nitrogens with one attached hydrogen (secondary N) is 1. The molecule has 0 unspecified atom stereocenters. The van der Waals surface area contributed by atoms with Gasteiger partial charge in [-0.3, -0.25) is 14.2 Å². The van der Waals surface area contributed by atoms with E-state index in [1.165, 1.54) is 6.08 Å². The highest BCUT2D eigenvalue weighted by atomic mass is 35.5. The Morgan fingerprint density at radius 3 is 2.92 bits per heavy atom. The molecule has 0 bridgehead atoms. The summed E-state index contributed by atoms with van der Waals surface area (Å²) in [6.45, 7) is 2.53. The zero-order valence-corrected chi connectivity index (χ0v) is 14.7. The van der Waals surface area contributed by atoms with E-state index in [2.05, 4.69) is 15.5 Å². The van der Waals surface area contributed by atoms with Crippen molar-refractivity contribution < 1.29 is 4.79 Å². The summed E-state index contributed by atoms with van der Waals surface area (Å²) in [4.78, 5) is 12.0. The number of rotatable bonds is 5. The van der Waals surface area contributed by atoms with Crippen molar-refractivity contribution in [1.29, 1.82) is 0 Å². The van der Waals surface area contributed by atoms with Gasteiger partial charge in [-0.15, -0.1) is 0 Å². The van der Waals surface area contributed by atoms with Crippen LogP contribution in [0.15, 0.2) is 48.8 Å². The summed E-state index contributed by atoms with van der Waals surface area (Å²) in [6.07, 6.45) is 6.68. The molecule has 0 saturated heterocycles. The maximum Gasteiger partial charge on any atom is 0.249 e. The molecule has 0 saturated carbocycles. The van der Waals surface area contributed by atoms with Crippen LogP contribution in [0.1, 0.15) is 16.8 Å². The Morgan fingerprint density at radius 2 is 2.20 bits per heavy atom. The first kappa shape index (κ1) is 17.0. The number of anilines is 1. The van der Waals surface area contributed by atoms with Gasteiger partial charge in [-0.2, -0.15) is 10.2 Å². The van der Waals surface area contributed by atoms with Gasteiger partial charge in [-0.05, 0) is 30.7 Å². The minimum Gasteiger partial charge on any atom is -0.306 e. The van der Waals surface area contributed by atoms with Gasteiger partial charge in [0.15, 0.2) is 5.82 Å². The third-order valence-corrected chi connectivity index (χ3v) is 3.84. The van der Waals surface area contributed by atoms with E-state index >= 15 is 0 Å². The molecule has 2 aromatic heterocycles. The van der Waals surface area contributed by atoms with E-state index < -0.39 is 0 Å². The van der Waals surface area contributed by atoms with Gasteiger partial charge >= 0.3 is 0 Å². The summed E-state index contributed by atoms with van der Waals surface area (Å²) in [7, 11) is 1.83. The lowest BCUT2D eigenvalue weighted by molar-refractivity contribution is -0.111. The van der Waals surface area contributed by atoms with E-state index in [9.17, 15) is 4.79 Å². The van der Waals surface area contributed by atoms with Crippen molar-refractivity contribution in [2.75, 3.05) is 5.32 Å². The Kier molecular flexibility index (Phi) is 5.00. The van der Waals surface area contributed by atoms with Crippen molar-refractivity contribution >= 4 is 29.4 Å². The molecule has 128 valence electrons. The lowest BCUT2D eigenvalue weighted by Gasteiger charge is -2.04. The zero-order valence-electron chi connectivity index (χ0n) is 14.0. The second-order valence-electron chi connectivity index (χ2n) is 5.73. The van der Waals surface area contributed by atoms with Crippen molar-refractivity contribution in [3.05, 3.63) is 70.6 Å². The lowest BCUT2D eigenvalue weighted by Crippen LogP contribution is -2.09. The highest BCUT2D eigenvalue weighted by Gasteiger charge is 2.07. The van der Waals surface area contributed by atoms with Gasteiger partial charge in [0.2, 0.25) is 5.91 Å². The SMILES string of the molecule is Cc1cc(NC(=O)/C=C/c2cnn(C)c2)nn1Cc1cccc(Cl)c1. The number of hydrogen-bond acceptors (Lipinski definition) is 3. The molecule has 0 aliphatic rings. The topological polar surface area (TPSA) is 64.7 Å². The Bertz CT molecular complexity index is 925. The van der Waals surface area contributed by atoms with E-state index in [0.29, 0.717) is 17.4 Å². The predicted octanol–water partition coefficient (Wildman–Crippen LogP) is 3.28. The molecular formula is C18H18ClN5O. The van der Waals surface area contributed by atoms with Crippen LogP contribution in [-0.2, 0) is 18.4 Å². The van der Waals surface area contributed by atoms with E-state index in [4.69, 9.17) is 11.6 Å². The number of aromatic nitrogens is 4. The minimum atomic E-state index is -0.240. The first-order valence-electron chi connectivity index (χ1n) is 7.76. The average Bonchev–Trinajstić information content (AvgIpc) is 3.11. The Hall–Kier alpha value is -2.86. The summed E-state index contributed by atoms with van der Waals surface area (Å²) in [5.41, 5.74) is 2.86. The molecule has 3 rings (SSSR count).